The van der Waals surface area contributed by atoms with Crippen LogP contribution in [0.15, 0.2) is 47.6 Å². The van der Waals surface area contributed by atoms with E-state index in [0.717, 1.165) is 24.4 Å². The van der Waals surface area contributed by atoms with E-state index in [9.17, 15) is 23.1 Å². The van der Waals surface area contributed by atoms with Crippen LogP contribution in [0.1, 0.15) is 21.5 Å². The Morgan fingerprint density at radius 1 is 1.22 bits per heavy atom. The fourth-order valence-electron chi connectivity index (χ4n) is 1.69. The number of nitrogens with zero attached hydrogens (tertiary/aromatic N) is 1. The van der Waals surface area contributed by atoms with Gasteiger partial charge in [-0.1, -0.05) is 17.7 Å². The second-order valence-electron chi connectivity index (χ2n) is 4.48. The van der Waals surface area contributed by atoms with Gasteiger partial charge < -0.3 is 5.11 Å². The summed E-state index contributed by atoms with van der Waals surface area (Å²) in [6, 6.07) is 8.18. The number of hydrogen-bond donors (Lipinski definition) is 2. The average molecular weight is 343 g/mol. The molecule has 0 aliphatic rings. The molecule has 0 bridgehead atoms. The maximum atomic E-state index is 12.6. The first-order valence-corrected chi connectivity index (χ1v) is 6.64. The second-order valence-corrected chi connectivity index (χ2v) is 4.92. The number of carbonyl (C=O) groups is 1. The molecule has 0 heterocycles. The van der Waals surface area contributed by atoms with Crippen LogP contribution in [0.4, 0.5) is 13.2 Å². The molecule has 2 N–H and O–H groups in total. The molecule has 0 saturated carbocycles. The maximum Gasteiger partial charge on any atom is 0.416 e. The van der Waals surface area contributed by atoms with Gasteiger partial charge in [0.1, 0.15) is 5.75 Å². The molecule has 1 amide bonds. The molecule has 4 nitrogen and oxygen atoms in total. The SMILES string of the molecule is O=C(N/N=C/c1cc(Cl)ccc1O)c1cccc(C(F)(F)F)c1. The van der Waals surface area contributed by atoms with Crippen molar-refractivity contribution in [1.82, 2.24) is 5.43 Å². The number of carbonyl (C=O) groups excluding carboxylic acids is 1. The minimum Gasteiger partial charge on any atom is -0.507 e. The van der Waals surface area contributed by atoms with Crippen molar-refractivity contribution in [2.45, 2.75) is 6.18 Å². The molecular weight excluding hydrogens is 333 g/mol. The molecule has 120 valence electrons. The molecular formula is C15H10ClF3N2O2. The monoisotopic (exact) mass is 342 g/mol. The van der Waals surface area contributed by atoms with Gasteiger partial charge in [-0.2, -0.15) is 18.3 Å². The average Bonchev–Trinajstić information content (AvgIpc) is 2.50. The van der Waals surface area contributed by atoms with E-state index in [1.807, 2.05) is 0 Å². The van der Waals surface area contributed by atoms with Gasteiger partial charge in [0.05, 0.1) is 11.8 Å². The lowest BCUT2D eigenvalue weighted by Gasteiger charge is -2.07. The van der Waals surface area contributed by atoms with Crippen LogP contribution < -0.4 is 5.43 Å². The minimum atomic E-state index is -4.54. The third kappa shape index (κ3) is 4.46. The Bertz CT molecular complexity index is 761. The molecule has 2 rings (SSSR count). The van der Waals surface area contributed by atoms with Crippen molar-refractivity contribution in [3.63, 3.8) is 0 Å². The second kappa shape index (κ2) is 6.70. The van der Waals surface area contributed by atoms with Crippen molar-refractivity contribution in [2.75, 3.05) is 0 Å². The van der Waals surface area contributed by atoms with E-state index < -0.39 is 17.6 Å². The quantitative estimate of drug-likeness (QED) is 0.658. The van der Waals surface area contributed by atoms with Crippen molar-refractivity contribution < 1.29 is 23.1 Å². The van der Waals surface area contributed by atoms with Crippen molar-refractivity contribution in [1.29, 1.82) is 0 Å². The number of nitrogens with one attached hydrogen (secondary N) is 1. The summed E-state index contributed by atoms with van der Waals surface area (Å²) in [5, 5.41) is 13.5. The zero-order valence-corrected chi connectivity index (χ0v) is 12.2. The first kappa shape index (κ1) is 16.8. The third-order valence-electron chi connectivity index (χ3n) is 2.81. The molecule has 8 heteroatoms. The van der Waals surface area contributed by atoms with Crippen molar-refractivity contribution in [3.8, 4) is 5.75 Å². The number of hydrazone groups is 1. The van der Waals surface area contributed by atoms with E-state index in [4.69, 9.17) is 11.6 Å². The lowest BCUT2D eigenvalue weighted by atomic mass is 10.1. The molecule has 0 aliphatic carbocycles. The Morgan fingerprint density at radius 3 is 2.65 bits per heavy atom. The summed E-state index contributed by atoms with van der Waals surface area (Å²) >= 11 is 5.75. The number of alkyl halides is 3. The van der Waals surface area contributed by atoms with Crippen molar-refractivity contribution >= 4 is 23.7 Å². The summed E-state index contributed by atoms with van der Waals surface area (Å²) in [5.41, 5.74) is 1.22. The predicted octanol–water partition coefficient (Wildman–Crippen LogP) is 3.83. The molecule has 0 fully saturated rings. The van der Waals surface area contributed by atoms with Crippen LogP contribution in [-0.2, 0) is 6.18 Å². The molecule has 0 spiro atoms. The highest BCUT2D eigenvalue weighted by atomic mass is 35.5. The van der Waals surface area contributed by atoms with Crippen LogP contribution in [-0.4, -0.2) is 17.2 Å². The topological polar surface area (TPSA) is 61.7 Å². The Hall–Kier alpha value is -2.54. The standard InChI is InChI=1S/C15H10ClF3N2O2/c16-12-4-5-13(22)10(7-12)8-20-21-14(23)9-2-1-3-11(6-9)15(17,18)19/h1-8,22H,(H,21,23)/b20-8+. The highest BCUT2D eigenvalue weighted by Gasteiger charge is 2.30. The minimum absolute atomic E-state index is 0.105. The number of benzene rings is 2. The molecule has 0 atom stereocenters. The maximum absolute atomic E-state index is 12.6. The van der Waals surface area contributed by atoms with Gasteiger partial charge in [0, 0.05) is 16.1 Å². The summed E-state index contributed by atoms with van der Waals surface area (Å²) in [6.07, 6.45) is -3.40. The molecule has 0 radical (unpaired) electrons. The first-order valence-electron chi connectivity index (χ1n) is 6.26. The van der Waals surface area contributed by atoms with E-state index in [1.54, 1.807) is 0 Å². The zero-order chi connectivity index (χ0) is 17.0. The Balaban J connectivity index is 2.11. The summed E-state index contributed by atoms with van der Waals surface area (Å²) in [5.74, 6) is -0.916. The molecule has 2 aromatic rings. The highest BCUT2D eigenvalue weighted by Crippen LogP contribution is 2.29. The summed E-state index contributed by atoms with van der Waals surface area (Å²) in [4.78, 5) is 11.8. The number of hydrogen-bond acceptors (Lipinski definition) is 3. The number of rotatable bonds is 3. The van der Waals surface area contributed by atoms with Gasteiger partial charge in [-0.15, -0.1) is 0 Å². The number of halogens is 4. The van der Waals surface area contributed by atoms with Crippen LogP contribution in [0.25, 0.3) is 0 Å². The lowest BCUT2D eigenvalue weighted by Crippen LogP contribution is -2.18. The predicted molar refractivity (Wildman–Crippen MR) is 79.6 cm³/mol. The third-order valence-corrected chi connectivity index (χ3v) is 3.05. The fraction of sp³-hybridized carbons (Fsp3) is 0.0667. The normalized spacial score (nSPS) is 11.7. The van der Waals surface area contributed by atoms with Gasteiger partial charge >= 0.3 is 6.18 Å². The van der Waals surface area contributed by atoms with Gasteiger partial charge in [-0.3, -0.25) is 4.79 Å². The summed E-state index contributed by atoms with van der Waals surface area (Å²) in [6.45, 7) is 0. The first-order chi connectivity index (χ1) is 10.8. The van der Waals surface area contributed by atoms with E-state index in [1.165, 1.54) is 24.3 Å². The largest absolute Gasteiger partial charge is 0.507 e. The Morgan fingerprint density at radius 2 is 1.96 bits per heavy atom. The van der Waals surface area contributed by atoms with Crippen LogP contribution in [0.2, 0.25) is 5.02 Å². The lowest BCUT2D eigenvalue weighted by molar-refractivity contribution is -0.137. The van der Waals surface area contributed by atoms with E-state index in [0.29, 0.717) is 5.02 Å². The number of amides is 1. The van der Waals surface area contributed by atoms with Gasteiger partial charge in [0.2, 0.25) is 0 Å². The molecule has 2 aromatic carbocycles. The molecule has 23 heavy (non-hydrogen) atoms. The van der Waals surface area contributed by atoms with E-state index in [2.05, 4.69) is 10.5 Å². The Kier molecular flexibility index (Phi) is 4.90. The molecule has 0 aliphatic heterocycles. The van der Waals surface area contributed by atoms with Crippen LogP contribution >= 0.6 is 11.6 Å². The van der Waals surface area contributed by atoms with Crippen LogP contribution in [0.5, 0.6) is 5.75 Å². The number of phenols is 1. The van der Waals surface area contributed by atoms with Crippen LogP contribution in [0.3, 0.4) is 0 Å². The van der Waals surface area contributed by atoms with Gasteiger partial charge in [-0.05, 0) is 36.4 Å². The highest BCUT2D eigenvalue weighted by molar-refractivity contribution is 6.30. The molecule has 0 saturated heterocycles. The van der Waals surface area contributed by atoms with Gasteiger partial charge in [0.15, 0.2) is 0 Å². The number of aromatic hydroxyl groups is 1. The molecule has 0 unspecified atom stereocenters. The zero-order valence-electron chi connectivity index (χ0n) is 11.4. The smallest absolute Gasteiger partial charge is 0.416 e. The fourth-order valence-corrected chi connectivity index (χ4v) is 1.87. The van der Waals surface area contributed by atoms with Crippen molar-refractivity contribution in [2.24, 2.45) is 5.10 Å². The Labute approximate surface area is 134 Å². The van der Waals surface area contributed by atoms with Gasteiger partial charge in [0.25, 0.3) is 5.91 Å². The van der Waals surface area contributed by atoms with E-state index in [-0.39, 0.29) is 16.9 Å². The van der Waals surface area contributed by atoms with Crippen molar-refractivity contribution in [3.05, 3.63) is 64.2 Å². The van der Waals surface area contributed by atoms with E-state index >= 15 is 0 Å². The van der Waals surface area contributed by atoms with Gasteiger partial charge in [-0.25, -0.2) is 5.43 Å². The number of phenolic OH excluding ortho intramolecular Hbond substituents is 1. The van der Waals surface area contributed by atoms with Crippen LogP contribution in [0, 0.1) is 0 Å². The molecule has 0 aromatic heterocycles. The summed E-state index contributed by atoms with van der Waals surface area (Å²) < 4.78 is 37.8. The summed E-state index contributed by atoms with van der Waals surface area (Å²) in [7, 11) is 0.